The van der Waals surface area contributed by atoms with Gasteiger partial charge in [0.05, 0.1) is 6.61 Å². The van der Waals surface area contributed by atoms with E-state index < -0.39 is 5.97 Å². The molecule has 0 aliphatic heterocycles. The Labute approximate surface area is 93.3 Å². The Morgan fingerprint density at radius 2 is 1.88 bits per heavy atom. The van der Waals surface area contributed by atoms with Crippen LogP contribution in [0.2, 0.25) is 0 Å². The second-order valence-corrected chi connectivity index (χ2v) is 2.92. The van der Waals surface area contributed by atoms with Crippen LogP contribution in [0.3, 0.4) is 0 Å². The van der Waals surface area contributed by atoms with Crippen molar-refractivity contribution in [1.29, 1.82) is 0 Å². The van der Waals surface area contributed by atoms with Gasteiger partial charge in [-0.15, -0.1) is 0 Å². The zero-order chi connectivity index (χ0) is 12.6. The fourth-order valence-corrected chi connectivity index (χ4v) is 0.873. The smallest absolute Gasteiger partial charge is 0.308 e. The molecule has 0 fully saturated rings. The summed E-state index contributed by atoms with van der Waals surface area (Å²) in [6.07, 6.45) is 0. The maximum Gasteiger partial charge on any atom is 0.308 e. The molecule has 0 radical (unpaired) electrons. The first kappa shape index (κ1) is 14.1. The molecule has 0 spiro atoms. The molecule has 0 bridgehead atoms. The van der Waals surface area contributed by atoms with Crippen LogP contribution in [0.25, 0.3) is 0 Å². The molecule has 88 valence electrons. The molecule has 0 saturated heterocycles. The van der Waals surface area contributed by atoms with Crippen LogP contribution in [0.15, 0.2) is 24.3 Å². The molecule has 0 aromatic heterocycles. The predicted octanol–water partition coefficient (Wildman–Crippen LogP) is 1.20. The second kappa shape index (κ2) is 7.42. The van der Waals surface area contributed by atoms with Gasteiger partial charge in [0.1, 0.15) is 5.75 Å². The predicted molar refractivity (Wildman–Crippen MR) is 57.0 cm³/mol. The quantitative estimate of drug-likeness (QED) is 0.584. The van der Waals surface area contributed by atoms with Gasteiger partial charge in [0, 0.05) is 13.8 Å². The SMILES string of the molecule is CC(=O)O.CC(=O)Oc1cccc(CO)c1. The number of carboxylic acid groups (broad SMARTS) is 1. The molecule has 0 aliphatic rings. The van der Waals surface area contributed by atoms with Crippen LogP contribution in [-0.4, -0.2) is 22.2 Å². The number of aliphatic hydroxyl groups is 1. The minimum atomic E-state index is -0.833. The third-order valence-electron chi connectivity index (χ3n) is 1.34. The number of carboxylic acids is 1. The number of hydrogen-bond donors (Lipinski definition) is 2. The number of esters is 1. The molecule has 0 atom stereocenters. The molecule has 2 N–H and O–H groups in total. The van der Waals surface area contributed by atoms with Gasteiger partial charge in [0.2, 0.25) is 0 Å². The monoisotopic (exact) mass is 226 g/mol. The standard InChI is InChI=1S/C9H10O3.C2H4O2/c1-7(11)12-9-4-2-3-8(5-9)6-10;1-2(3)4/h2-5,10H,6H2,1H3;1H3,(H,3,4). The molecule has 0 saturated carbocycles. The normalized spacial score (nSPS) is 8.69. The van der Waals surface area contributed by atoms with Crippen LogP contribution in [0, 0.1) is 0 Å². The van der Waals surface area contributed by atoms with Crippen molar-refractivity contribution in [3.8, 4) is 5.75 Å². The molecule has 1 rings (SSSR count). The zero-order valence-electron chi connectivity index (χ0n) is 9.14. The van der Waals surface area contributed by atoms with E-state index in [1.54, 1.807) is 24.3 Å². The summed E-state index contributed by atoms with van der Waals surface area (Å²) in [6.45, 7) is 2.38. The Morgan fingerprint density at radius 1 is 1.31 bits per heavy atom. The van der Waals surface area contributed by atoms with Gasteiger partial charge < -0.3 is 14.9 Å². The fourth-order valence-electron chi connectivity index (χ4n) is 0.873. The van der Waals surface area contributed by atoms with Crippen molar-refractivity contribution in [2.24, 2.45) is 0 Å². The van der Waals surface area contributed by atoms with Gasteiger partial charge in [-0.2, -0.15) is 0 Å². The Hall–Kier alpha value is -1.88. The van der Waals surface area contributed by atoms with E-state index in [1.165, 1.54) is 6.92 Å². The highest BCUT2D eigenvalue weighted by molar-refractivity contribution is 5.69. The van der Waals surface area contributed by atoms with Crippen molar-refractivity contribution in [1.82, 2.24) is 0 Å². The van der Waals surface area contributed by atoms with Gasteiger partial charge in [0.25, 0.3) is 5.97 Å². The van der Waals surface area contributed by atoms with E-state index in [1.807, 2.05) is 0 Å². The molecule has 5 heteroatoms. The van der Waals surface area contributed by atoms with Crippen LogP contribution in [0.1, 0.15) is 19.4 Å². The minimum Gasteiger partial charge on any atom is -0.481 e. The first-order valence-electron chi connectivity index (χ1n) is 4.53. The van der Waals surface area contributed by atoms with Crippen LogP contribution in [0.5, 0.6) is 5.75 Å². The van der Waals surface area contributed by atoms with Gasteiger partial charge in [-0.3, -0.25) is 9.59 Å². The van der Waals surface area contributed by atoms with Crippen molar-refractivity contribution in [3.05, 3.63) is 29.8 Å². The second-order valence-electron chi connectivity index (χ2n) is 2.92. The summed E-state index contributed by atoms with van der Waals surface area (Å²) in [5.41, 5.74) is 0.730. The van der Waals surface area contributed by atoms with Gasteiger partial charge in [-0.25, -0.2) is 0 Å². The fraction of sp³-hybridized carbons (Fsp3) is 0.273. The van der Waals surface area contributed by atoms with E-state index in [2.05, 4.69) is 0 Å². The zero-order valence-corrected chi connectivity index (χ0v) is 9.14. The van der Waals surface area contributed by atoms with E-state index in [0.717, 1.165) is 12.5 Å². The van der Waals surface area contributed by atoms with E-state index in [4.69, 9.17) is 19.7 Å². The average molecular weight is 226 g/mol. The van der Waals surface area contributed by atoms with Crippen molar-refractivity contribution in [3.63, 3.8) is 0 Å². The summed E-state index contributed by atoms with van der Waals surface area (Å²) in [4.78, 5) is 19.5. The van der Waals surface area contributed by atoms with E-state index in [0.29, 0.717) is 5.75 Å². The Morgan fingerprint density at radius 3 is 2.31 bits per heavy atom. The highest BCUT2D eigenvalue weighted by atomic mass is 16.5. The molecule has 0 amide bonds. The lowest BCUT2D eigenvalue weighted by Gasteiger charge is -2.01. The molecule has 1 aromatic carbocycles. The van der Waals surface area contributed by atoms with Crippen molar-refractivity contribution in [2.75, 3.05) is 0 Å². The number of carbonyl (C=O) groups is 2. The number of rotatable bonds is 2. The average Bonchev–Trinajstić information content (AvgIpc) is 2.16. The van der Waals surface area contributed by atoms with Crippen molar-refractivity contribution in [2.45, 2.75) is 20.5 Å². The van der Waals surface area contributed by atoms with Gasteiger partial charge in [-0.1, -0.05) is 12.1 Å². The van der Waals surface area contributed by atoms with Crippen LogP contribution >= 0.6 is 0 Å². The van der Waals surface area contributed by atoms with Crippen LogP contribution < -0.4 is 4.74 Å². The van der Waals surface area contributed by atoms with E-state index in [-0.39, 0.29) is 12.6 Å². The minimum absolute atomic E-state index is 0.0465. The largest absolute Gasteiger partial charge is 0.481 e. The summed E-state index contributed by atoms with van der Waals surface area (Å²) in [5.74, 6) is -0.723. The summed E-state index contributed by atoms with van der Waals surface area (Å²) in [6, 6.07) is 6.78. The van der Waals surface area contributed by atoms with Crippen molar-refractivity contribution < 1.29 is 24.5 Å². The summed E-state index contributed by atoms with van der Waals surface area (Å²) >= 11 is 0. The molecule has 0 aliphatic carbocycles. The van der Waals surface area contributed by atoms with Crippen LogP contribution in [-0.2, 0) is 16.2 Å². The molecular formula is C11H14O5. The highest BCUT2D eigenvalue weighted by Gasteiger charge is 1.97. The maximum atomic E-state index is 10.5. The summed E-state index contributed by atoms with van der Waals surface area (Å²) in [7, 11) is 0. The lowest BCUT2D eigenvalue weighted by Crippen LogP contribution is -2.01. The summed E-state index contributed by atoms with van der Waals surface area (Å²) in [5, 5.41) is 16.2. The van der Waals surface area contributed by atoms with Gasteiger partial charge in [0.15, 0.2) is 0 Å². The van der Waals surface area contributed by atoms with Gasteiger partial charge >= 0.3 is 5.97 Å². The topological polar surface area (TPSA) is 83.8 Å². The van der Waals surface area contributed by atoms with E-state index >= 15 is 0 Å². The lowest BCUT2D eigenvalue weighted by molar-refractivity contribution is -0.134. The Balaban J connectivity index is 0.000000487. The molecule has 0 unspecified atom stereocenters. The number of ether oxygens (including phenoxy) is 1. The third kappa shape index (κ3) is 7.52. The number of hydrogen-bond acceptors (Lipinski definition) is 4. The summed E-state index contributed by atoms with van der Waals surface area (Å²) < 4.78 is 4.81. The molecule has 5 nitrogen and oxygen atoms in total. The molecule has 0 heterocycles. The number of carbonyl (C=O) groups excluding carboxylic acids is 1. The molecule has 1 aromatic rings. The molecular weight excluding hydrogens is 212 g/mol. The van der Waals surface area contributed by atoms with Crippen LogP contribution in [0.4, 0.5) is 0 Å². The van der Waals surface area contributed by atoms with Gasteiger partial charge in [-0.05, 0) is 17.7 Å². The Bertz CT molecular complexity index is 355. The maximum absolute atomic E-state index is 10.5. The number of aliphatic carboxylic acids is 1. The third-order valence-corrected chi connectivity index (χ3v) is 1.34. The molecule has 16 heavy (non-hydrogen) atoms. The van der Waals surface area contributed by atoms with E-state index in [9.17, 15) is 4.79 Å². The first-order chi connectivity index (χ1) is 7.45. The number of benzene rings is 1. The highest BCUT2D eigenvalue weighted by Crippen LogP contribution is 2.12. The first-order valence-corrected chi connectivity index (χ1v) is 4.53. The van der Waals surface area contributed by atoms with Crippen molar-refractivity contribution >= 4 is 11.9 Å². The number of aliphatic hydroxyl groups excluding tert-OH is 1. The Kier molecular flexibility index (Phi) is 6.55. The lowest BCUT2D eigenvalue weighted by atomic mass is 10.2.